The lowest BCUT2D eigenvalue weighted by atomic mass is 10.1. The van der Waals surface area contributed by atoms with Crippen molar-refractivity contribution in [2.24, 2.45) is 4.99 Å². The number of halogens is 1. The predicted molar refractivity (Wildman–Crippen MR) is 388 cm³/mol. The van der Waals surface area contributed by atoms with Gasteiger partial charge in [-0.3, -0.25) is 14.6 Å². The van der Waals surface area contributed by atoms with Gasteiger partial charge in [0.2, 0.25) is 0 Å². The maximum Gasteiger partial charge on any atom is 0.348 e. The Labute approximate surface area is 583 Å². The summed E-state index contributed by atoms with van der Waals surface area (Å²) in [6, 6.07) is 70.4. The van der Waals surface area contributed by atoms with Crippen molar-refractivity contribution in [3.8, 4) is 0 Å². The number of aliphatic imine (C=N–C) groups is 1. The Morgan fingerprint density at radius 2 is 0.724 bits per heavy atom. The number of allylic oxidation sites excluding steroid dienone is 5. The highest BCUT2D eigenvalue weighted by atomic mass is 35.5. The molecule has 7 aromatic rings. The van der Waals surface area contributed by atoms with Crippen LogP contribution in [0.4, 0.5) is 17.1 Å². The quantitative estimate of drug-likeness (QED) is 0.0162. The van der Waals surface area contributed by atoms with Crippen LogP contribution in [-0.4, -0.2) is 88.8 Å². The molecular weight excluding hydrogens is 1260 g/mol. The molecule has 3 heterocycles. The maximum absolute atomic E-state index is 12.0. The molecule has 0 bridgehead atoms. The Kier molecular flexibility index (Phi) is 35.3. The van der Waals surface area contributed by atoms with Gasteiger partial charge in [0.05, 0.1) is 5.69 Å². The van der Waals surface area contributed by atoms with Crippen LogP contribution in [0.15, 0.2) is 277 Å². The average Bonchev–Trinajstić information content (AvgIpc) is 0.857. The molecule has 3 N–H and O–H groups in total. The van der Waals surface area contributed by atoms with E-state index in [1.807, 2.05) is 158 Å². The van der Waals surface area contributed by atoms with Crippen molar-refractivity contribution in [3.63, 3.8) is 0 Å². The summed E-state index contributed by atoms with van der Waals surface area (Å²) in [5, 5.41) is 9.58. The van der Waals surface area contributed by atoms with Crippen LogP contribution in [0.3, 0.4) is 0 Å². The third kappa shape index (κ3) is 32.7. The van der Waals surface area contributed by atoms with E-state index >= 15 is 0 Å². The number of hydrogen-bond acceptors (Lipinski definition) is 18. The Morgan fingerprint density at radius 1 is 0.408 bits per heavy atom. The van der Waals surface area contributed by atoms with Crippen LogP contribution in [0, 0.1) is 0 Å². The summed E-state index contributed by atoms with van der Waals surface area (Å²) >= 11 is 0. The van der Waals surface area contributed by atoms with Crippen molar-refractivity contribution in [1.82, 2.24) is 15.1 Å². The molecule has 0 aliphatic carbocycles. The molecule has 0 radical (unpaired) electrons. The number of carbonyl (C=O) groups excluding carboxylic acids is 6. The van der Waals surface area contributed by atoms with Gasteiger partial charge < -0.3 is 54.2 Å². The molecule has 0 atom stereocenters. The zero-order valence-electron chi connectivity index (χ0n) is 57.2. The number of para-hydroxylation sites is 3. The number of anilines is 2. The number of cyclic esters (lactones) is 6. The lowest BCUT2D eigenvalue weighted by molar-refractivity contribution is -0.232. The molecule has 0 spiro atoms. The molecular formula is C79H91ClN6O12. The van der Waals surface area contributed by atoms with Gasteiger partial charge >= 0.3 is 35.8 Å². The van der Waals surface area contributed by atoms with E-state index < -0.39 is 53.2 Å². The van der Waals surface area contributed by atoms with Gasteiger partial charge in [-0.1, -0.05) is 197 Å². The molecule has 3 saturated heterocycles. The highest BCUT2D eigenvalue weighted by Gasteiger charge is 2.40. The molecule has 0 aromatic heterocycles. The maximum atomic E-state index is 12.0. The highest BCUT2D eigenvalue weighted by Crippen LogP contribution is 2.25. The number of nitrogens with zero attached hydrogens (tertiary/aromatic N) is 3. The topological polar surface area (TPSA) is 213 Å². The fourth-order valence-electron chi connectivity index (χ4n) is 8.81. The zero-order valence-corrected chi connectivity index (χ0v) is 58.0. The second-order valence-electron chi connectivity index (χ2n) is 22.8. The fraction of sp³-hybridized carbons (Fsp3) is 0.253. The molecule has 516 valence electrons. The van der Waals surface area contributed by atoms with Crippen molar-refractivity contribution in [2.75, 3.05) is 30.3 Å². The van der Waals surface area contributed by atoms with Crippen LogP contribution in [0.2, 0.25) is 0 Å². The van der Waals surface area contributed by atoms with Gasteiger partial charge in [-0.2, -0.15) is 0 Å². The van der Waals surface area contributed by atoms with E-state index in [-0.39, 0.29) is 30.0 Å². The van der Waals surface area contributed by atoms with Gasteiger partial charge in [0.15, 0.2) is 0 Å². The number of rotatable bonds is 20. The molecule has 0 saturated carbocycles. The molecule has 19 heteroatoms. The molecule has 0 unspecified atom stereocenters. The van der Waals surface area contributed by atoms with E-state index in [9.17, 15) is 28.8 Å². The molecule has 0 amide bonds. The smallest absolute Gasteiger partial charge is 0.348 e. The summed E-state index contributed by atoms with van der Waals surface area (Å²) in [5.41, 5.74) is 7.65. The molecule has 7 aromatic carbocycles. The second kappa shape index (κ2) is 43.4. The van der Waals surface area contributed by atoms with Crippen LogP contribution in [-0.2, 0) is 83.4 Å². The number of carbonyl (C=O) groups is 6. The minimum Gasteiger partial charge on any atom is -0.423 e. The number of nitrogens with one attached hydrogen (secondary N) is 3. The number of hydrogen-bond donors (Lipinski definition) is 3. The summed E-state index contributed by atoms with van der Waals surface area (Å²) in [4.78, 5) is 77.3. The first kappa shape index (κ1) is 79.8. The first-order valence-electron chi connectivity index (χ1n) is 32.0. The lowest BCUT2D eigenvalue weighted by Gasteiger charge is -2.29. The monoisotopic (exact) mass is 1350 g/mol. The summed E-state index contributed by atoms with van der Waals surface area (Å²) in [6.45, 7) is 22.5. The Hall–Kier alpha value is -10.7. The molecule has 18 nitrogen and oxygen atoms in total. The van der Waals surface area contributed by atoms with E-state index in [0.29, 0.717) is 13.1 Å². The van der Waals surface area contributed by atoms with Crippen molar-refractivity contribution in [1.29, 1.82) is 0 Å². The van der Waals surface area contributed by atoms with E-state index in [1.165, 1.54) is 84.5 Å². The van der Waals surface area contributed by atoms with Crippen molar-refractivity contribution in [2.45, 2.75) is 112 Å². The Bertz CT molecular complexity index is 3550. The first-order valence-corrected chi connectivity index (χ1v) is 32.0. The molecule has 3 fully saturated rings. The Morgan fingerprint density at radius 3 is 1.07 bits per heavy atom. The second-order valence-corrected chi connectivity index (χ2v) is 22.8. The normalized spacial score (nSPS) is 14.7. The number of benzene rings is 7. The van der Waals surface area contributed by atoms with Crippen LogP contribution in [0.1, 0.15) is 91.0 Å². The highest BCUT2D eigenvalue weighted by molar-refractivity contribution is 6.16. The minimum absolute atomic E-state index is 0. The lowest BCUT2D eigenvalue weighted by Crippen LogP contribution is -2.41. The van der Waals surface area contributed by atoms with Gasteiger partial charge in [-0.25, -0.2) is 19.2 Å². The third-order valence-corrected chi connectivity index (χ3v) is 13.5. The molecule has 3 aliphatic heterocycles. The number of esters is 6. The summed E-state index contributed by atoms with van der Waals surface area (Å²) in [7, 11) is 0. The summed E-state index contributed by atoms with van der Waals surface area (Å²) in [6.07, 6.45) is 14.7. The summed E-state index contributed by atoms with van der Waals surface area (Å²) < 4.78 is 29.5. The van der Waals surface area contributed by atoms with Crippen LogP contribution < -0.4 is 16.0 Å². The standard InChI is InChI=1S/C23H23NO4.C15H14N2.C15H15NO4.C14H15N.C6H15N.C6H8O4.ClH/c1-23(2)27-21(25)20(22(26)28-23)14-9-15-24(16-18-10-5-3-6-11-18)17-19-12-7-4-8-13-19;1-3-8-14(9-4-1)16-12-7-13-17-15-10-5-2-6-11-15;1-15(2)19-13(17)12(14(18)20-15)9-6-10-16-11-7-4-3-5-8-11;1-3-7-13(8-4-1)11-15-12-14-9-5-2-6-10-14;1-4-7(5-2)6-3;1-6(2)9-4(7)3-5(8)10-6;/h3-15H,16-17H2,1-2H3;1-13,16H;3-10,16H,1-2H3;1-10,15H,11-12H2;4-6H2,1-3H3;3H2,1-2H3;1H/b15-9+;12-7+,17-13?;10-6+;;;;. The van der Waals surface area contributed by atoms with E-state index in [4.69, 9.17) is 18.9 Å². The third-order valence-electron chi connectivity index (χ3n) is 13.5. The molecule has 10 rings (SSSR count). The summed E-state index contributed by atoms with van der Waals surface area (Å²) in [5.74, 6) is -7.30. The largest absolute Gasteiger partial charge is 0.423 e. The van der Waals surface area contributed by atoms with Crippen LogP contribution >= 0.6 is 12.4 Å². The van der Waals surface area contributed by atoms with Crippen LogP contribution in [0.25, 0.3) is 0 Å². The number of ether oxygens (including phenoxy) is 6. The SMILES string of the molecule is C(/C=C/Nc1ccccc1)=Nc1ccccc1.CC1(C)OC(=O)C(=C/C=C/N(Cc2ccccc2)Cc2ccccc2)C(=O)O1.CC1(C)OC(=O)C(=C/C=C/Nc2ccccc2)C(=O)O1.CC1(C)OC(=O)CC(=O)O1.CCN(CC)CC.Cl.c1ccc(CNCc2ccccc2)cc1. The van der Waals surface area contributed by atoms with Crippen molar-refractivity contribution < 1.29 is 57.2 Å². The first-order chi connectivity index (χ1) is 46.6. The van der Waals surface area contributed by atoms with Gasteiger partial charge in [0.1, 0.15) is 17.6 Å². The Balaban J connectivity index is 0.000000261. The molecule has 3 aliphatic rings. The van der Waals surface area contributed by atoms with Gasteiger partial charge in [0, 0.05) is 97.7 Å². The van der Waals surface area contributed by atoms with Crippen molar-refractivity contribution in [3.05, 3.63) is 295 Å². The van der Waals surface area contributed by atoms with Crippen LogP contribution in [0.5, 0.6) is 0 Å². The molecule has 98 heavy (non-hydrogen) atoms. The van der Waals surface area contributed by atoms with Gasteiger partial charge in [-0.15, -0.1) is 12.4 Å². The van der Waals surface area contributed by atoms with Gasteiger partial charge in [0.25, 0.3) is 17.4 Å². The zero-order chi connectivity index (χ0) is 70.2. The predicted octanol–water partition coefficient (Wildman–Crippen LogP) is 15.3. The van der Waals surface area contributed by atoms with Crippen molar-refractivity contribution >= 4 is 71.5 Å². The van der Waals surface area contributed by atoms with Gasteiger partial charge in [-0.05, 0) is 115 Å². The van der Waals surface area contributed by atoms with E-state index in [1.54, 1.807) is 24.6 Å². The van der Waals surface area contributed by atoms with E-state index in [0.717, 1.165) is 41.3 Å². The minimum atomic E-state index is -1.23. The fourth-order valence-corrected chi connectivity index (χ4v) is 8.81. The average molecular weight is 1350 g/mol. The van der Waals surface area contributed by atoms with E-state index in [2.05, 4.69) is 134 Å².